The van der Waals surface area contributed by atoms with Crippen molar-refractivity contribution in [3.63, 3.8) is 0 Å². The Labute approximate surface area is 109 Å². The first kappa shape index (κ1) is 12.9. The Morgan fingerprint density at radius 2 is 2.00 bits per heavy atom. The number of aryl methyl sites for hydroxylation is 1. The van der Waals surface area contributed by atoms with Gasteiger partial charge in [-0.15, -0.1) is 0 Å². The van der Waals surface area contributed by atoms with Gasteiger partial charge in [0, 0.05) is 25.0 Å². The van der Waals surface area contributed by atoms with Crippen LogP contribution in [-0.2, 0) is 13.1 Å². The van der Waals surface area contributed by atoms with E-state index in [2.05, 4.69) is 0 Å². The van der Waals surface area contributed by atoms with Crippen molar-refractivity contribution in [2.24, 2.45) is 0 Å². The van der Waals surface area contributed by atoms with Crippen LogP contribution in [0.2, 0.25) is 0 Å². The van der Waals surface area contributed by atoms with E-state index in [-0.39, 0.29) is 23.6 Å². The van der Waals surface area contributed by atoms with Gasteiger partial charge in [-0.25, -0.2) is 4.79 Å². The number of anilines is 1. The summed E-state index contributed by atoms with van der Waals surface area (Å²) in [6, 6.07) is 4.55. The molecule has 0 aliphatic heterocycles. The van der Waals surface area contributed by atoms with Crippen LogP contribution in [0.3, 0.4) is 0 Å². The molecule has 0 radical (unpaired) electrons. The summed E-state index contributed by atoms with van der Waals surface area (Å²) in [4.78, 5) is 22.1. The average molecular weight is 262 g/mol. The van der Waals surface area contributed by atoms with Crippen LogP contribution in [0.1, 0.15) is 12.5 Å². The van der Waals surface area contributed by atoms with Crippen LogP contribution in [0.15, 0.2) is 35.4 Å². The Morgan fingerprint density at radius 3 is 2.58 bits per heavy atom. The molecular weight excluding hydrogens is 248 g/mol. The summed E-state index contributed by atoms with van der Waals surface area (Å²) in [6.45, 7) is 2.75. The van der Waals surface area contributed by atoms with Crippen molar-refractivity contribution in [3.05, 3.63) is 56.8 Å². The molecule has 2 rings (SSSR count). The fraction of sp³-hybridized carbons (Fsp3) is 0.250. The summed E-state index contributed by atoms with van der Waals surface area (Å²) >= 11 is 0. The lowest BCUT2D eigenvalue weighted by Gasteiger charge is -2.03. The molecule has 0 bridgehead atoms. The first-order chi connectivity index (χ1) is 9.02. The number of nitrogens with zero attached hydrogens (tertiary/aromatic N) is 3. The number of imidazole rings is 1. The quantitative estimate of drug-likeness (QED) is 0.508. The van der Waals surface area contributed by atoms with Gasteiger partial charge in [-0.05, 0) is 18.6 Å². The molecular formula is C12H14N4O3. The second-order valence-electron chi connectivity index (χ2n) is 4.14. The highest BCUT2D eigenvalue weighted by Crippen LogP contribution is 2.22. The molecule has 0 unspecified atom stereocenters. The van der Waals surface area contributed by atoms with Gasteiger partial charge in [-0.1, -0.05) is 6.07 Å². The molecule has 1 heterocycles. The molecule has 0 amide bonds. The molecule has 7 heteroatoms. The second kappa shape index (κ2) is 4.97. The van der Waals surface area contributed by atoms with Crippen LogP contribution >= 0.6 is 0 Å². The van der Waals surface area contributed by atoms with Crippen LogP contribution in [-0.4, -0.2) is 14.1 Å². The number of hydrogen-bond donors (Lipinski definition) is 1. The zero-order valence-corrected chi connectivity index (χ0v) is 10.4. The lowest BCUT2D eigenvalue weighted by Crippen LogP contribution is -2.23. The largest absolute Gasteiger partial charge is 0.393 e. The minimum atomic E-state index is -0.529. The summed E-state index contributed by atoms with van der Waals surface area (Å²) < 4.78 is 3.06. The predicted molar refractivity (Wildman–Crippen MR) is 71.0 cm³/mol. The van der Waals surface area contributed by atoms with Crippen LogP contribution in [0.25, 0.3) is 0 Å². The van der Waals surface area contributed by atoms with E-state index in [1.165, 1.54) is 16.7 Å². The lowest BCUT2D eigenvalue weighted by atomic mass is 10.2. The summed E-state index contributed by atoms with van der Waals surface area (Å²) in [5.74, 6) is 0. The molecule has 7 nitrogen and oxygen atoms in total. The minimum Gasteiger partial charge on any atom is -0.393 e. The molecule has 0 saturated carbocycles. The molecule has 2 aromatic rings. The van der Waals surface area contributed by atoms with Crippen molar-refractivity contribution in [3.8, 4) is 0 Å². The van der Waals surface area contributed by atoms with Crippen LogP contribution in [0.4, 0.5) is 11.4 Å². The molecule has 2 N–H and O–H groups in total. The van der Waals surface area contributed by atoms with Gasteiger partial charge in [0.25, 0.3) is 5.69 Å². The molecule has 0 atom stereocenters. The number of aromatic nitrogens is 2. The smallest absolute Gasteiger partial charge is 0.328 e. The number of rotatable bonds is 4. The second-order valence-corrected chi connectivity index (χ2v) is 4.14. The van der Waals surface area contributed by atoms with Gasteiger partial charge in [0.05, 0.1) is 11.5 Å². The normalized spacial score (nSPS) is 10.6. The fourth-order valence-corrected chi connectivity index (χ4v) is 1.86. The number of nitro groups is 1. The molecule has 0 saturated heterocycles. The SMILES string of the molecule is CCn1ccn(Cc2ccc(N)c([N+](=O)[O-])c2)c1=O. The van der Waals surface area contributed by atoms with Gasteiger partial charge < -0.3 is 5.73 Å². The zero-order chi connectivity index (χ0) is 14.0. The van der Waals surface area contributed by atoms with Crippen LogP contribution in [0, 0.1) is 10.1 Å². The van der Waals surface area contributed by atoms with Crippen molar-refractivity contribution >= 4 is 11.4 Å². The first-order valence-corrected chi connectivity index (χ1v) is 5.81. The molecule has 19 heavy (non-hydrogen) atoms. The molecule has 0 fully saturated rings. The van der Waals surface area contributed by atoms with Gasteiger partial charge in [0.15, 0.2) is 0 Å². The maximum atomic E-state index is 11.9. The Morgan fingerprint density at radius 1 is 1.32 bits per heavy atom. The van der Waals surface area contributed by atoms with Crippen LogP contribution in [0.5, 0.6) is 0 Å². The minimum absolute atomic E-state index is 0.118. The molecule has 1 aromatic heterocycles. The first-order valence-electron chi connectivity index (χ1n) is 5.81. The van der Waals surface area contributed by atoms with Gasteiger partial charge in [-0.2, -0.15) is 0 Å². The van der Waals surface area contributed by atoms with E-state index >= 15 is 0 Å². The van der Waals surface area contributed by atoms with Crippen molar-refractivity contribution in [1.82, 2.24) is 9.13 Å². The molecule has 0 spiro atoms. The number of nitrogen functional groups attached to an aromatic ring is 1. The topological polar surface area (TPSA) is 96.1 Å². The standard InChI is InChI=1S/C12H14N4O3/c1-2-14-5-6-15(12(14)17)8-9-3-4-10(13)11(7-9)16(18)19/h3-7H,2,8,13H2,1H3. The van der Waals surface area contributed by atoms with Crippen molar-refractivity contribution in [2.45, 2.75) is 20.0 Å². The van der Waals surface area contributed by atoms with E-state index < -0.39 is 4.92 Å². The van der Waals surface area contributed by atoms with Crippen molar-refractivity contribution in [1.29, 1.82) is 0 Å². The van der Waals surface area contributed by atoms with E-state index in [9.17, 15) is 14.9 Å². The van der Waals surface area contributed by atoms with E-state index in [1.807, 2.05) is 6.92 Å². The van der Waals surface area contributed by atoms with E-state index in [0.717, 1.165) is 0 Å². The number of hydrogen-bond acceptors (Lipinski definition) is 4. The molecule has 100 valence electrons. The zero-order valence-electron chi connectivity index (χ0n) is 10.4. The fourth-order valence-electron chi connectivity index (χ4n) is 1.86. The van der Waals surface area contributed by atoms with E-state index in [1.54, 1.807) is 23.0 Å². The maximum Gasteiger partial charge on any atom is 0.328 e. The highest BCUT2D eigenvalue weighted by atomic mass is 16.6. The Kier molecular flexibility index (Phi) is 3.37. The van der Waals surface area contributed by atoms with Gasteiger partial charge >= 0.3 is 5.69 Å². The monoisotopic (exact) mass is 262 g/mol. The Balaban J connectivity index is 2.33. The Hall–Kier alpha value is -2.57. The number of benzene rings is 1. The lowest BCUT2D eigenvalue weighted by molar-refractivity contribution is -0.384. The molecule has 1 aromatic carbocycles. The van der Waals surface area contributed by atoms with Crippen molar-refractivity contribution < 1.29 is 4.92 Å². The predicted octanol–water partition coefficient (Wildman–Crippen LogP) is 1.21. The van der Waals surface area contributed by atoms with Gasteiger partial charge in [-0.3, -0.25) is 19.2 Å². The third kappa shape index (κ3) is 2.49. The van der Waals surface area contributed by atoms with E-state index in [0.29, 0.717) is 12.1 Å². The van der Waals surface area contributed by atoms with Gasteiger partial charge in [0.2, 0.25) is 0 Å². The number of nitro benzene ring substituents is 1. The van der Waals surface area contributed by atoms with Crippen molar-refractivity contribution in [2.75, 3.05) is 5.73 Å². The Bertz CT molecular complexity index is 672. The van der Waals surface area contributed by atoms with E-state index in [4.69, 9.17) is 5.73 Å². The summed E-state index contributed by atoms with van der Waals surface area (Å²) in [5.41, 5.74) is 6.03. The summed E-state index contributed by atoms with van der Waals surface area (Å²) in [5, 5.41) is 10.8. The number of nitrogens with two attached hydrogens (primary N) is 1. The molecule has 0 aliphatic rings. The highest BCUT2D eigenvalue weighted by molar-refractivity contribution is 5.59. The third-order valence-corrected chi connectivity index (χ3v) is 2.90. The maximum absolute atomic E-state index is 11.9. The summed E-state index contributed by atoms with van der Waals surface area (Å²) in [7, 11) is 0. The summed E-state index contributed by atoms with van der Waals surface area (Å²) in [6.07, 6.45) is 3.35. The molecule has 0 aliphatic carbocycles. The average Bonchev–Trinajstić information content (AvgIpc) is 2.72. The van der Waals surface area contributed by atoms with Crippen LogP contribution < -0.4 is 11.4 Å². The highest BCUT2D eigenvalue weighted by Gasteiger charge is 2.12. The van der Waals surface area contributed by atoms with Gasteiger partial charge in [0.1, 0.15) is 5.69 Å². The third-order valence-electron chi connectivity index (χ3n) is 2.90.